The molecule has 2 N–H and O–H groups in total. The molecule has 0 aromatic heterocycles. The molecular weight excluding hydrogens is 286 g/mol. The standard InChI is InChI=1S/C19H23N3O/c1-23-18-9-7-16(8-10-18)19-13-17(11-12-20)21-22(19)14-15-5-3-2-4-6-15/h2-10,19H,11-14,20H2,1H3. The van der Waals surface area contributed by atoms with Gasteiger partial charge in [-0.2, -0.15) is 5.10 Å². The average molecular weight is 309 g/mol. The Morgan fingerprint density at radius 1 is 1.13 bits per heavy atom. The van der Waals surface area contributed by atoms with Crippen LogP contribution in [0.4, 0.5) is 0 Å². The van der Waals surface area contributed by atoms with Gasteiger partial charge in [0.25, 0.3) is 0 Å². The Hall–Kier alpha value is -2.33. The van der Waals surface area contributed by atoms with E-state index in [1.807, 2.05) is 18.2 Å². The lowest BCUT2D eigenvalue weighted by Gasteiger charge is -2.24. The van der Waals surface area contributed by atoms with Crippen molar-refractivity contribution in [2.45, 2.75) is 25.4 Å². The van der Waals surface area contributed by atoms with Gasteiger partial charge in [0.05, 0.1) is 19.7 Å². The van der Waals surface area contributed by atoms with Crippen molar-refractivity contribution in [3.63, 3.8) is 0 Å². The zero-order valence-electron chi connectivity index (χ0n) is 13.5. The van der Waals surface area contributed by atoms with Gasteiger partial charge in [-0.3, -0.25) is 5.01 Å². The number of ether oxygens (including phenoxy) is 1. The molecule has 0 saturated carbocycles. The Labute approximate surface area is 137 Å². The summed E-state index contributed by atoms with van der Waals surface area (Å²) in [4.78, 5) is 0. The summed E-state index contributed by atoms with van der Waals surface area (Å²) in [6.07, 6.45) is 1.80. The zero-order chi connectivity index (χ0) is 16.1. The molecule has 120 valence electrons. The molecule has 1 atom stereocenters. The molecule has 0 amide bonds. The van der Waals surface area contributed by atoms with E-state index in [9.17, 15) is 0 Å². The van der Waals surface area contributed by atoms with Crippen molar-refractivity contribution in [1.29, 1.82) is 0 Å². The van der Waals surface area contributed by atoms with Crippen molar-refractivity contribution < 1.29 is 4.74 Å². The maximum atomic E-state index is 5.71. The fraction of sp³-hybridized carbons (Fsp3) is 0.316. The van der Waals surface area contributed by atoms with Crippen LogP contribution in [0.1, 0.15) is 30.0 Å². The molecule has 0 aliphatic carbocycles. The van der Waals surface area contributed by atoms with E-state index < -0.39 is 0 Å². The number of hydrogen-bond acceptors (Lipinski definition) is 4. The molecule has 0 fully saturated rings. The lowest BCUT2D eigenvalue weighted by atomic mass is 10.00. The van der Waals surface area contributed by atoms with Gasteiger partial charge in [0.2, 0.25) is 0 Å². The second-order valence-corrected chi connectivity index (χ2v) is 5.78. The third kappa shape index (κ3) is 3.71. The molecule has 2 aromatic carbocycles. The van der Waals surface area contributed by atoms with Crippen LogP contribution >= 0.6 is 0 Å². The van der Waals surface area contributed by atoms with Crippen LogP contribution in [0.15, 0.2) is 59.7 Å². The number of hydrogen-bond donors (Lipinski definition) is 1. The zero-order valence-corrected chi connectivity index (χ0v) is 13.5. The predicted octanol–water partition coefficient (Wildman–Crippen LogP) is 3.35. The van der Waals surface area contributed by atoms with Crippen molar-refractivity contribution in [1.82, 2.24) is 5.01 Å². The molecule has 1 unspecified atom stereocenters. The fourth-order valence-electron chi connectivity index (χ4n) is 2.97. The summed E-state index contributed by atoms with van der Waals surface area (Å²) >= 11 is 0. The van der Waals surface area contributed by atoms with Crippen LogP contribution in [0.3, 0.4) is 0 Å². The molecular formula is C19H23N3O. The Balaban J connectivity index is 1.81. The van der Waals surface area contributed by atoms with Gasteiger partial charge >= 0.3 is 0 Å². The summed E-state index contributed by atoms with van der Waals surface area (Å²) in [5.41, 5.74) is 9.43. The quantitative estimate of drug-likeness (QED) is 0.890. The smallest absolute Gasteiger partial charge is 0.118 e. The highest BCUT2D eigenvalue weighted by atomic mass is 16.5. The number of benzene rings is 2. The monoisotopic (exact) mass is 309 g/mol. The van der Waals surface area contributed by atoms with E-state index >= 15 is 0 Å². The fourth-order valence-corrected chi connectivity index (χ4v) is 2.97. The van der Waals surface area contributed by atoms with Gasteiger partial charge in [0, 0.05) is 12.1 Å². The number of methoxy groups -OCH3 is 1. The Morgan fingerprint density at radius 3 is 2.52 bits per heavy atom. The Bertz CT molecular complexity index is 652. The van der Waals surface area contributed by atoms with Gasteiger partial charge in [0.15, 0.2) is 0 Å². The summed E-state index contributed by atoms with van der Waals surface area (Å²) in [5.74, 6) is 0.879. The molecule has 4 heteroatoms. The first kappa shape index (κ1) is 15.6. The Morgan fingerprint density at radius 2 is 1.87 bits per heavy atom. The lowest BCUT2D eigenvalue weighted by molar-refractivity contribution is 0.224. The van der Waals surface area contributed by atoms with Gasteiger partial charge < -0.3 is 10.5 Å². The maximum absolute atomic E-state index is 5.71. The minimum Gasteiger partial charge on any atom is -0.497 e. The SMILES string of the molecule is COc1ccc(C2CC(CCN)=NN2Cc2ccccc2)cc1. The first-order valence-electron chi connectivity index (χ1n) is 8.01. The van der Waals surface area contributed by atoms with Crippen molar-refractivity contribution in [3.05, 3.63) is 65.7 Å². The minimum absolute atomic E-state index is 0.266. The number of rotatable bonds is 6. The summed E-state index contributed by atoms with van der Waals surface area (Å²) in [6, 6.07) is 19.0. The molecule has 1 aliphatic rings. The molecule has 1 aliphatic heterocycles. The highest BCUT2D eigenvalue weighted by Gasteiger charge is 2.27. The van der Waals surface area contributed by atoms with Gasteiger partial charge in [-0.05, 0) is 36.2 Å². The third-order valence-electron chi connectivity index (χ3n) is 4.18. The van der Waals surface area contributed by atoms with Crippen molar-refractivity contribution >= 4 is 5.71 Å². The van der Waals surface area contributed by atoms with Crippen LogP contribution in [-0.4, -0.2) is 24.4 Å². The summed E-state index contributed by atoms with van der Waals surface area (Å²) in [7, 11) is 1.69. The van der Waals surface area contributed by atoms with Gasteiger partial charge in [-0.25, -0.2) is 0 Å². The topological polar surface area (TPSA) is 50.9 Å². The molecule has 0 saturated heterocycles. The van der Waals surface area contributed by atoms with Gasteiger partial charge in [-0.15, -0.1) is 0 Å². The van der Waals surface area contributed by atoms with E-state index in [1.54, 1.807) is 7.11 Å². The van der Waals surface area contributed by atoms with Crippen LogP contribution < -0.4 is 10.5 Å². The molecule has 1 heterocycles. The minimum atomic E-state index is 0.266. The summed E-state index contributed by atoms with van der Waals surface area (Å²) in [6.45, 7) is 1.46. The first-order chi connectivity index (χ1) is 11.3. The highest BCUT2D eigenvalue weighted by molar-refractivity contribution is 5.86. The first-order valence-corrected chi connectivity index (χ1v) is 8.01. The van der Waals surface area contributed by atoms with Crippen molar-refractivity contribution in [2.75, 3.05) is 13.7 Å². The van der Waals surface area contributed by atoms with Crippen molar-refractivity contribution in [3.8, 4) is 5.75 Å². The molecule has 23 heavy (non-hydrogen) atoms. The van der Waals surface area contributed by atoms with E-state index in [4.69, 9.17) is 15.6 Å². The van der Waals surface area contributed by atoms with E-state index in [0.717, 1.165) is 25.1 Å². The molecule has 0 bridgehead atoms. The second kappa shape index (κ2) is 7.29. The third-order valence-corrected chi connectivity index (χ3v) is 4.18. The van der Waals surface area contributed by atoms with Crippen LogP contribution in [0.2, 0.25) is 0 Å². The van der Waals surface area contributed by atoms with Crippen LogP contribution in [0.5, 0.6) is 5.75 Å². The molecule has 0 radical (unpaired) electrons. The van der Waals surface area contributed by atoms with Crippen LogP contribution in [0.25, 0.3) is 0 Å². The van der Waals surface area contributed by atoms with Crippen LogP contribution in [-0.2, 0) is 6.54 Å². The van der Waals surface area contributed by atoms with E-state index in [2.05, 4.69) is 41.4 Å². The molecule has 4 nitrogen and oxygen atoms in total. The number of hydrazone groups is 1. The van der Waals surface area contributed by atoms with E-state index in [-0.39, 0.29) is 6.04 Å². The molecule has 3 rings (SSSR count). The molecule has 2 aromatic rings. The van der Waals surface area contributed by atoms with E-state index in [0.29, 0.717) is 6.54 Å². The summed E-state index contributed by atoms with van der Waals surface area (Å²) < 4.78 is 5.26. The maximum Gasteiger partial charge on any atom is 0.118 e. The lowest BCUT2D eigenvalue weighted by Crippen LogP contribution is -2.19. The molecule has 0 spiro atoms. The highest BCUT2D eigenvalue weighted by Crippen LogP contribution is 2.33. The largest absolute Gasteiger partial charge is 0.497 e. The predicted molar refractivity (Wildman–Crippen MR) is 93.4 cm³/mol. The normalized spacial score (nSPS) is 17.2. The average Bonchev–Trinajstić information content (AvgIpc) is 2.99. The van der Waals surface area contributed by atoms with Gasteiger partial charge in [-0.1, -0.05) is 42.5 Å². The van der Waals surface area contributed by atoms with Crippen LogP contribution in [0, 0.1) is 0 Å². The number of nitrogens with two attached hydrogens (primary N) is 1. The van der Waals surface area contributed by atoms with E-state index in [1.165, 1.54) is 16.8 Å². The second-order valence-electron chi connectivity index (χ2n) is 5.78. The Kier molecular flexibility index (Phi) is 4.93. The van der Waals surface area contributed by atoms with Crippen molar-refractivity contribution in [2.24, 2.45) is 10.8 Å². The number of nitrogens with zero attached hydrogens (tertiary/aromatic N) is 2. The van der Waals surface area contributed by atoms with Gasteiger partial charge in [0.1, 0.15) is 5.75 Å². The summed E-state index contributed by atoms with van der Waals surface area (Å²) in [5, 5.41) is 6.99.